The smallest absolute Gasteiger partial charge is 0.153 e. The van der Waals surface area contributed by atoms with Crippen molar-refractivity contribution >= 4 is 11.2 Å². The van der Waals surface area contributed by atoms with Gasteiger partial charge in [-0.25, -0.2) is 9.50 Å². The first-order valence-corrected chi connectivity index (χ1v) is 3.46. The predicted molar refractivity (Wildman–Crippen MR) is 44.3 cm³/mol. The number of nitrogens with one attached hydrogen (secondary N) is 1. The Balaban J connectivity index is 2.67. The van der Waals surface area contributed by atoms with E-state index in [1.54, 1.807) is 0 Å². The Labute approximate surface area is 64.4 Å². The molecule has 0 spiro atoms. The fourth-order valence-corrected chi connectivity index (χ4v) is 1.01. The summed E-state index contributed by atoms with van der Waals surface area (Å²) in [6, 6.07) is 1.92. The lowest BCUT2D eigenvalue weighted by molar-refractivity contribution is 0.972. The minimum absolute atomic E-state index is 0.933. The highest BCUT2D eigenvalue weighted by atomic mass is 15.2. The van der Waals surface area contributed by atoms with Crippen LogP contribution in [0.2, 0.25) is 0 Å². The molecule has 2 heterocycles. The Kier molecular flexibility index (Phi) is 1.12. The molecular weight excluding hydrogens is 138 g/mol. The van der Waals surface area contributed by atoms with Crippen molar-refractivity contribution in [2.45, 2.75) is 6.92 Å². The van der Waals surface area contributed by atoms with Gasteiger partial charge in [-0.3, -0.25) is 0 Å². The van der Waals surface area contributed by atoms with Crippen molar-refractivity contribution in [2.24, 2.45) is 0 Å². The van der Waals surface area contributed by atoms with Crippen molar-refractivity contribution in [1.29, 1.82) is 0 Å². The lowest BCUT2D eigenvalue weighted by atomic mass is 10.3. The predicted octanol–water partition coefficient (Wildman–Crippen LogP) is 1.70. The zero-order valence-electron chi connectivity index (χ0n) is 6.33. The minimum atomic E-state index is 0.933. The summed E-state index contributed by atoms with van der Waals surface area (Å²) >= 11 is 0. The number of aromatic nitrogens is 3. The summed E-state index contributed by atoms with van der Waals surface area (Å²) in [5.74, 6) is 0. The average molecular weight is 147 g/mol. The van der Waals surface area contributed by atoms with Crippen molar-refractivity contribution in [3.05, 3.63) is 30.7 Å². The number of fused-ring (bicyclic) bond motifs is 1. The number of allylic oxidation sites excluding steroid dienone is 1. The lowest BCUT2D eigenvalue weighted by Crippen LogP contribution is -1.77. The van der Waals surface area contributed by atoms with E-state index in [1.165, 1.54) is 0 Å². The minimum Gasteiger partial charge on any atom is -0.300 e. The van der Waals surface area contributed by atoms with E-state index in [0.717, 1.165) is 16.9 Å². The van der Waals surface area contributed by atoms with E-state index >= 15 is 0 Å². The van der Waals surface area contributed by atoms with Crippen LogP contribution in [0.5, 0.6) is 0 Å². The number of hydrogen-bond acceptors (Lipinski definition) is 1. The second-order valence-corrected chi connectivity index (χ2v) is 2.60. The van der Waals surface area contributed by atoms with Gasteiger partial charge in [0.05, 0.1) is 11.9 Å². The first-order valence-electron chi connectivity index (χ1n) is 3.46. The maximum absolute atomic E-state index is 4.30. The molecule has 3 heteroatoms. The number of H-pyrrole nitrogens is 1. The SMILES string of the molecule is C=C(C)c1cn2[nH]ccc2n1. The number of nitrogens with zero attached hydrogens (tertiary/aromatic N) is 2. The third-order valence-electron chi connectivity index (χ3n) is 1.62. The quantitative estimate of drug-likeness (QED) is 0.654. The Hall–Kier alpha value is -1.51. The number of aromatic amines is 1. The van der Waals surface area contributed by atoms with Gasteiger partial charge in [-0.1, -0.05) is 6.58 Å². The third kappa shape index (κ3) is 0.852. The molecule has 0 aliphatic rings. The van der Waals surface area contributed by atoms with Crippen LogP contribution in [0.25, 0.3) is 11.2 Å². The second kappa shape index (κ2) is 1.99. The van der Waals surface area contributed by atoms with Gasteiger partial charge < -0.3 is 5.10 Å². The summed E-state index contributed by atoms with van der Waals surface area (Å²) in [5.41, 5.74) is 2.86. The molecule has 0 aliphatic heterocycles. The van der Waals surface area contributed by atoms with Gasteiger partial charge in [-0.05, 0) is 12.5 Å². The van der Waals surface area contributed by atoms with Crippen LogP contribution in [-0.2, 0) is 0 Å². The molecule has 1 N–H and O–H groups in total. The van der Waals surface area contributed by atoms with Gasteiger partial charge in [0, 0.05) is 12.3 Å². The van der Waals surface area contributed by atoms with Crippen molar-refractivity contribution in [3.63, 3.8) is 0 Å². The van der Waals surface area contributed by atoms with Gasteiger partial charge in [0.2, 0.25) is 0 Å². The molecule has 0 aliphatic carbocycles. The summed E-state index contributed by atoms with van der Waals surface area (Å²) < 4.78 is 1.87. The zero-order valence-corrected chi connectivity index (χ0v) is 6.33. The van der Waals surface area contributed by atoms with Crippen LogP contribution in [0.4, 0.5) is 0 Å². The fourth-order valence-electron chi connectivity index (χ4n) is 1.01. The molecule has 0 radical (unpaired) electrons. The highest BCUT2D eigenvalue weighted by Crippen LogP contribution is 2.10. The molecule has 2 aromatic rings. The van der Waals surface area contributed by atoms with Crippen LogP contribution >= 0.6 is 0 Å². The maximum atomic E-state index is 4.30. The molecule has 0 saturated carbocycles. The van der Waals surface area contributed by atoms with Gasteiger partial charge in [-0.15, -0.1) is 0 Å². The monoisotopic (exact) mass is 147 g/mol. The van der Waals surface area contributed by atoms with E-state index in [1.807, 2.05) is 29.9 Å². The molecule has 0 aromatic carbocycles. The molecule has 2 aromatic heterocycles. The largest absolute Gasteiger partial charge is 0.300 e. The molecule has 11 heavy (non-hydrogen) atoms. The van der Waals surface area contributed by atoms with Crippen LogP contribution in [-0.4, -0.2) is 14.6 Å². The molecule has 0 atom stereocenters. The van der Waals surface area contributed by atoms with Crippen molar-refractivity contribution in [1.82, 2.24) is 14.6 Å². The summed E-state index contributed by atoms with van der Waals surface area (Å²) in [6.07, 6.45) is 3.78. The highest BCUT2D eigenvalue weighted by molar-refractivity contribution is 5.60. The van der Waals surface area contributed by atoms with E-state index in [0.29, 0.717) is 0 Å². The summed E-state index contributed by atoms with van der Waals surface area (Å²) in [4.78, 5) is 4.30. The summed E-state index contributed by atoms with van der Waals surface area (Å²) in [5, 5.41) is 3.01. The van der Waals surface area contributed by atoms with E-state index in [-0.39, 0.29) is 0 Å². The average Bonchev–Trinajstić information content (AvgIpc) is 2.40. The Bertz CT molecular complexity index is 366. The molecular formula is C8H9N3. The molecule has 3 nitrogen and oxygen atoms in total. The first-order chi connectivity index (χ1) is 5.27. The summed E-state index contributed by atoms with van der Waals surface area (Å²) in [7, 11) is 0. The maximum Gasteiger partial charge on any atom is 0.153 e. The van der Waals surface area contributed by atoms with Gasteiger partial charge in [-0.2, -0.15) is 0 Å². The Morgan fingerprint density at radius 2 is 2.55 bits per heavy atom. The van der Waals surface area contributed by atoms with Crippen LogP contribution in [0.15, 0.2) is 25.0 Å². The topological polar surface area (TPSA) is 33.1 Å². The van der Waals surface area contributed by atoms with Gasteiger partial charge >= 0.3 is 0 Å². The highest BCUT2D eigenvalue weighted by Gasteiger charge is 2.00. The first kappa shape index (κ1) is 6.22. The number of hydrogen-bond donors (Lipinski definition) is 1. The van der Waals surface area contributed by atoms with Crippen LogP contribution in [0.3, 0.4) is 0 Å². The van der Waals surface area contributed by atoms with E-state index < -0.39 is 0 Å². The van der Waals surface area contributed by atoms with E-state index in [2.05, 4.69) is 16.7 Å². The van der Waals surface area contributed by atoms with Gasteiger partial charge in [0.25, 0.3) is 0 Å². The van der Waals surface area contributed by atoms with Crippen LogP contribution < -0.4 is 0 Å². The molecule has 0 fully saturated rings. The van der Waals surface area contributed by atoms with E-state index in [9.17, 15) is 0 Å². The third-order valence-corrected chi connectivity index (χ3v) is 1.62. The van der Waals surface area contributed by atoms with E-state index in [4.69, 9.17) is 0 Å². The number of imidazole rings is 1. The summed E-state index contributed by atoms with van der Waals surface area (Å²) in [6.45, 7) is 5.76. The Morgan fingerprint density at radius 1 is 1.73 bits per heavy atom. The van der Waals surface area contributed by atoms with Crippen LogP contribution in [0.1, 0.15) is 12.6 Å². The standard InChI is InChI=1S/C8H9N3/c1-6(2)7-5-11-8(10-7)3-4-9-11/h3-5,9H,1H2,2H3. The molecule has 0 unspecified atom stereocenters. The zero-order chi connectivity index (χ0) is 7.84. The number of rotatable bonds is 1. The van der Waals surface area contributed by atoms with Crippen molar-refractivity contribution in [3.8, 4) is 0 Å². The molecule has 0 bridgehead atoms. The molecule has 56 valence electrons. The fraction of sp³-hybridized carbons (Fsp3) is 0.125. The molecule has 0 saturated heterocycles. The lowest BCUT2D eigenvalue weighted by Gasteiger charge is -1.86. The molecule has 2 rings (SSSR count). The second-order valence-electron chi connectivity index (χ2n) is 2.60. The van der Waals surface area contributed by atoms with Crippen molar-refractivity contribution in [2.75, 3.05) is 0 Å². The molecule has 0 amide bonds. The van der Waals surface area contributed by atoms with Gasteiger partial charge in [0.1, 0.15) is 0 Å². The van der Waals surface area contributed by atoms with Crippen molar-refractivity contribution < 1.29 is 0 Å². The van der Waals surface area contributed by atoms with Crippen LogP contribution in [0, 0.1) is 0 Å². The normalized spacial score (nSPS) is 10.6. The Morgan fingerprint density at radius 3 is 3.18 bits per heavy atom. The van der Waals surface area contributed by atoms with Gasteiger partial charge in [0.15, 0.2) is 5.65 Å².